The number of nitrogens with one attached hydrogen (secondary N) is 1. The van der Waals surface area contributed by atoms with E-state index >= 15 is 0 Å². The van der Waals surface area contributed by atoms with Crippen LogP contribution in [0.5, 0.6) is 0 Å². The number of nitrogens with zero attached hydrogens (tertiary/aromatic N) is 4. The van der Waals surface area contributed by atoms with Gasteiger partial charge in [-0.15, -0.1) is 0 Å². The van der Waals surface area contributed by atoms with Crippen molar-refractivity contribution in [1.82, 2.24) is 24.9 Å². The topological polar surface area (TPSA) is 70.5 Å². The Bertz CT molecular complexity index is 850. The summed E-state index contributed by atoms with van der Waals surface area (Å²) in [5.74, 6) is -0.339. The monoisotopic (exact) mass is 371 g/mol. The molecule has 3 heterocycles. The third kappa shape index (κ3) is 3.44. The van der Waals surface area contributed by atoms with Crippen molar-refractivity contribution in [1.29, 1.82) is 0 Å². The van der Waals surface area contributed by atoms with Gasteiger partial charge in [0, 0.05) is 37.9 Å². The van der Waals surface area contributed by atoms with Crippen molar-refractivity contribution < 1.29 is 14.0 Å². The van der Waals surface area contributed by atoms with Crippen LogP contribution in [-0.2, 0) is 16.1 Å². The average Bonchev–Trinajstić information content (AvgIpc) is 3.13. The molecule has 2 aliphatic heterocycles. The number of benzene rings is 1. The first-order valence-corrected chi connectivity index (χ1v) is 9.18. The summed E-state index contributed by atoms with van der Waals surface area (Å²) in [5.41, 5.74) is 1.79. The van der Waals surface area contributed by atoms with Gasteiger partial charge in [0.2, 0.25) is 11.8 Å². The summed E-state index contributed by atoms with van der Waals surface area (Å²) in [6.07, 6.45) is 4.29. The molecule has 0 spiro atoms. The Hall–Kier alpha value is -2.74. The first kappa shape index (κ1) is 17.7. The molecule has 2 amide bonds. The van der Waals surface area contributed by atoms with Crippen LogP contribution in [0.2, 0.25) is 0 Å². The molecule has 2 atom stereocenters. The second-order valence-electron chi connectivity index (χ2n) is 7.02. The lowest BCUT2D eigenvalue weighted by Gasteiger charge is -2.45. The lowest BCUT2D eigenvalue weighted by Crippen LogP contribution is -2.68. The molecule has 1 aromatic carbocycles. The van der Waals surface area contributed by atoms with Gasteiger partial charge < -0.3 is 10.2 Å². The highest BCUT2D eigenvalue weighted by Gasteiger charge is 2.42. The Kier molecular flexibility index (Phi) is 4.65. The lowest BCUT2D eigenvalue weighted by molar-refractivity contribution is -0.153. The molecule has 0 radical (unpaired) electrons. The van der Waals surface area contributed by atoms with E-state index in [4.69, 9.17) is 0 Å². The van der Waals surface area contributed by atoms with E-state index in [0.717, 1.165) is 11.3 Å². The minimum absolute atomic E-state index is 0.0193. The Morgan fingerprint density at radius 3 is 2.74 bits per heavy atom. The van der Waals surface area contributed by atoms with Gasteiger partial charge in [-0.2, -0.15) is 5.10 Å². The summed E-state index contributed by atoms with van der Waals surface area (Å²) in [5, 5.41) is 7.16. The number of aromatic nitrogens is 2. The molecule has 8 heteroatoms. The van der Waals surface area contributed by atoms with Crippen molar-refractivity contribution in [3.63, 3.8) is 0 Å². The average molecular weight is 371 g/mol. The van der Waals surface area contributed by atoms with Crippen LogP contribution < -0.4 is 5.32 Å². The molecule has 2 aromatic rings. The summed E-state index contributed by atoms with van der Waals surface area (Å²) in [7, 11) is 0. The largest absolute Gasteiger partial charge is 0.342 e. The van der Waals surface area contributed by atoms with Gasteiger partial charge in [-0.1, -0.05) is 6.92 Å². The fraction of sp³-hybridized carbons (Fsp3) is 0.421. The second-order valence-corrected chi connectivity index (χ2v) is 7.02. The van der Waals surface area contributed by atoms with Crippen LogP contribution in [0.25, 0.3) is 5.69 Å². The first-order valence-electron chi connectivity index (χ1n) is 9.18. The number of halogens is 1. The predicted molar refractivity (Wildman–Crippen MR) is 96.5 cm³/mol. The molecule has 1 aromatic heterocycles. The second kappa shape index (κ2) is 7.11. The zero-order valence-electron chi connectivity index (χ0n) is 15.1. The van der Waals surface area contributed by atoms with E-state index in [9.17, 15) is 14.0 Å². The van der Waals surface area contributed by atoms with Gasteiger partial charge in [0.05, 0.1) is 11.9 Å². The quantitative estimate of drug-likeness (QED) is 0.868. The van der Waals surface area contributed by atoms with Gasteiger partial charge in [0.15, 0.2) is 0 Å². The number of piperazine rings is 2. The van der Waals surface area contributed by atoms with E-state index in [2.05, 4.69) is 15.3 Å². The highest BCUT2D eigenvalue weighted by molar-refractivity contribution is 5.97. The molecule has 0 bridgehead atoms. The van der Waals surface area contributed by atoms with E-state index in [1.54, 1.807) is 27.9 Å². The third-order valence-corrected chi connectivity index (χ3v) is 5.21. The Morgan fingerprint density at radius 1 is 1.22 bits per heavy atom. The number of rotatable bonds is 4. The van der Waals surface area contributed by atoms with Crippen molar-refractivity contribution in [2.24, 2.45) is 0 Å². The van der Waals surface area contributed by atoms with Gasteiger partial charge in [-0.25, -0.2) is 9.07 Å². The summed E-state index contributed by atoms with van der Waals surface area (Å²) >= 11 is 0. The maximum atomic E-state index is 13.1. The number of amides is 2. The molecule has 2 aliphatic rings. The van der Waals surface area contributed by atoms with E-state index in [0.29, 0.717) is 32.6 Å². The van der Waals surface area contributed by atoms with Crippen molar-refractivity contribution in [3.8, 4) is 5.69 Å². The van der Waals surface area contributed by atoms with E-state index in [1.165, 1.54) is 12.1 Å². The molecule has 27 heavy (non-hydrogen) atoms. The van der Waals surface area contributed by atoms with Crippen molar-refractivity contribution in [2.75, 3.05) is 19.6 Å². The molecule has 0 aliphatic carbocycles. The van der Waals surface area contributed by atoms with Gasteiger partial charge in [-0.3, -0.25) is 14.5 Å². The molecule has 2 fully saturated rings. The maximum Gasteiger partial charge on any atom is 0.245 e. The zero-order chi connectivity index (χ0) is 19.0. The molecule has 1 N–H and O–H groups in total. The highest BCUT2D eigenvalue weighted by atomic mass is 19.1. The highest BCUT2D eigenvalue weighted by Crippen LogP contribution is 2.19. The standard InChI is InChI=1S/C19H22FN5O2/c1-2-16-19(27)24-8-7-23(12-17(24)18(26)22-16)10-13-9-21-25(11-13)15-5-3-14(20)4-6-15/h3-6,9,11,16-17H,2,7-8,10,12H2,1H3,(H,22,26)/t16-,17+/m0/s1. The molecule has 7 nitrogen and oxygen atoms in total. The summed E-state index contributed by atoms with van der Waals surface area (Å²) < 4.78 is 14.8. The molecule has 0 unspecified atom stereocenters. The minimum Gasteiger partial charge on any atom is -0.342 e. The molecular formula is C19H22FN5O2. The first-order chi connectivity index (χ1) is 13.0. The molecular weight excluding hydrogens is 349 g/mol. The normalized spacial score (nSPS) is 23.3. The summed E-state index contributed by atoms with van der Waals surface area (Å²) in [6.45, 7) is 4.32. The fourth-order valence-corrected chi connectivity index (χ4v) is 3.71. The Morgan fingerprint density at radius 2 is 2.00 bits per heavy atom. The van der Waals surface area contributed by atoms with Crippen LogP contribution in [0, 0.1) is 5.82 Å². The Balaban J connectivity index is 1.42. The SMILES string of the molecule is CC[C@@H]1NC(=O)[C@H]2CN(Cc3cnn(-c4ccc(F)cc4)c3)CCN2C1=O. The summed E-state index contributed by atoms with van der Waals surface area (Å²) in [6, 6.07) is 5.33. The van der Waals surface area contributed by atoms with Crippen LogP contribution in [0.15, 0.2) is 36.7 Å². The number of carbonyl (C=O) groups is 2. The van der Waals surface area contributed by atoms with Crippen molar-refractivity contribution in [2.45, 2.75) is 32.0 Å². The number of hydrogen-bond acceptors (Lipinski definition) is 4. The molecule has 142 valence electrons. The smallest absolute Gasteiger partial charge is 0.245 e. The lowest BCUT2D eigenvalue weighted by atomic mass is 10.0. The fourth-order valence-electron chi connectivity index (χ4n) is 3.71. The van der Waals surface area contributed by atoms with Crippen LogP contribution in [0.3, 0.4) is 0 Å². The zero-order valence-corrected chi connectivity index (χ0v) is 15.1. The van der Waals surface area contributed by atoms with E-state index in [-0.39, 0.29) is 17.6 Å². The number of hydrogen-bond donors (Lipinski definition) is 1. The van der Waals surface area contributed by atoms with Gasteiger partial charge >= 0.3 is 0 Å². The predicted octanol–water partition coefficient (Wildman–Crippen LogP) is 0.933. The number of carbonyl (C=O) groups excluding carboxylic acids is 2. The minimum atomic E-state index is -0.429. The van der Waals surface area contributed by atoms with Gasteiger partial charge in [0.1, 0.15) is 17.9 Å². The van der Waals surface area contributed by atoms with Crippen molar-refractivity contribution >= 4 is 11.8 Å². The van der Waals surface area contributed by atoms with E-state index in [1.807, 2.05) is 13.1 Å². The Labute approximate surface area is 156 Å². The van der Waals surface area contributed by atoms with Crippen LogP contribution >= 0.6 is 0 Å². The third-order valence-electron chi connectivity index (χ3n) is 5.21. The number of fused-ring (bicyclic) bond motifs is 1. The van der Waals surface area contributed by atoms with Crippen LogP contribution in [-0.4, -0.2) is 63.1 Å². The maximum absolute atomic E-state index is 13.1. The van der Waals surface area contributed by atoms with Crippen LogP contribution in [0.1, 0.15) is 18.9 Å². The molecule has 4 rings (SSSR count). The molecule has 0 saturated carbocycles. The van der Waals surface area contributed by atoms with Crippen molar-refractivity contribution in [3.05, 3.63) is 48.0 Å². The summed E-state index contributed by atoms with van der Waals surface area (Å²) in [4.78, 5) is 28.7. The van der Waals surface area contributed by atoms with Crippen LogP contribution in [0.4, 0.5) is 4.39 Å². The van der Waals surface area contributed by atoms with E-state index < -0.39 is 12.1 Å². The van der Waals surface area contributed by atoms with Gasteiger partial charge in [0.25, 0.3) is 0 Å². The van der Waals surface area contributed by atoms with Gasteiger partial charge in [-0.05, 0) is 30.7 Å². The molecule has 2 saturated heterocycles.